The molecule has 0 saturated heterocycles. The summed E-state index contributed by atoms with van der Waals surface area (Å²) in [5.74, 6) is 0. The number of benzene rings is 3. The van der Waals surface area contributed by atoms with Gasteiger partial charge in [0.05, 0.1) is 33.4 Å². The molecule has 3 aromatic rings. The number of hydrogen-bond acceptors (Lipinski definition) is 3. The van der Waals surface area contributed by atoms with Gasteiger partial charge in [-0.15, -0.1) is 0 Å². The van der Waals surface area contributed by atoms with Gasteiger partial charge in [0.15, 0.2) is 0 Å². The van der Waals surface area contributed by atoms with Crippen molar-refractivity contribution in [2.24, 2.45) is 0 Å². The minimum atomic E-state index is -5.75. The van der Waals surface area contributed by atoms with Crippen LogP contribution in [0.3, 0.4) is 0 Å². The lowest BCUT2D eigenvalue weighted by Gasteiger charge is -2.22. The molecular weight excluding hydrogens is 453 g/mol. The summed E-state index contributed by atoms with van der Waals surface area (Å²) >= 11 is 0. The van der Waals surface area contributed by atoms with Gasteiger partial charge in [0, 0.05) is 16.2 Å². The van der Waals surface area contributed by atoms with Gasteiger partial charge in [-0.3, -0.25) is 0 Å². The van der Waals surface area contributed by atoms with E-state index in [1.165, 1.54) is 12.1 Å². The third kappa shape index (κ3) is 3.32. The molecule has 3 nitrogen and oxygen atoms in total. The molecule has 0 saturated carbocycles. The van der Waals surface area contributed by atoms with Gasteiger partial charge in [-0.05, 0) is 11.5 Å². The lowest BCUT2D eigenvalue weighted by atomic mass is 9.85. The average molecular weight is 457 g/mol. The minimum Gasteiger partial charge on any atom is -0.192 e. The van der Waals surface area contributed by atoms with E-state index in [4.69, 9.17) is 0 Å². The highest BCUT2D eigenvalue weighted by molar-refractivity contribution is 6.14. The van der Waals surface area contributed by atoms with E-state index in [2.05, 4.69) is 0 Å². The topological polar surface area (TPSA) is 71.4 Å². The second kappa shape index (κ2) is 7.03. The molecule has 0 bridgehead atoms. The van der Waals surface area contributed by atoms with Crippen molar-refractivity contribution in [3.05, 3.63) is 57.6 Å². The molecule has 0 spiro atoms. The van der Waals surface area contributed by atoms with Gasteiger partial charge in [-0.1, -0.05) is 18.2 Å². The average Bonchev–Trinajstić information content (AvgIpc) is 2.68. The summed E-state index contributed by atoms with van der Waals surface area (Å²) in [6, 6.07) is 5.92. The Balaban J connectivity index is 2.90. The Labute approximate surface area is 172 Å². The number of rotatable bonds is 0. The summed E-state index contributed by atoms with van der Waals surface area (Å²) in [7, 11) is 0. The normalized spacial score (nSPS) is 12.4. The summed E-state index contributed by atoms with van der Waals surface area (Å²) in [6.45, 7) is 0. The van der Waals surface area contributed by atoms with Crippen molar-refractivity contribution in [1.82, 2.24) is 0 Å². The highest BCUT2D eigenvalue weighted by Gasteiger charge is 2.46. The molecule has 0 amide bonds. The lowest BCUT2D eigenvalue weighted by Crippen LogP contribution is -2.18. The number of fused-ring (bicyclic) bond motifs is 3. The molecule has 12 heteroatoms. The number of hydrogen-bond donors (Lipinski definition) is 0. The monoisotopic (exact) mass is 457 g/mol. The number of nitriles is 3. The summed E-state index contributed by atoms with van der Waals surface area (Å²) in [6.07, 6.45) is -16.9. The molecule has 0 aliphatic rings. The molecule has 0 heterocycles. The van der Waals surface area contributed by atoms with E-state index in [1.807, 2.05) is 0 Å². The van der Waals surface area contributed by atoms with Crippen LogP contribution in [0.15, 0.2) is 24.3 Å². The number of alkyl halides is 9. The Morgan fingerprint density at radius 1 is 0.531 bits per heavy atom. The van der Waals surface area contributed by atoms with Gasteiger partial charge >= 0.3 is 18.5 Å². The Morgan fingerprint density at radius 3 is 1.47 bits per heavy atom. The predicted octanol–water partition coefficient (Wildman–Crippen LogP) is 6.66. The zero-order valence-corrected chi connectivity index (χ0v) is 15.1. The largest absolute Gasteiger partial charge is 0.418 e. The Hall–Kier alpha value is -3.98. The van der Waals surface area contributed by atoms with Crippen molar-refractivity contribution in [1.29, 1.82) is 15.8 Å². The lowest BCUT2D eigenvalue weighted by molar-refractivity contribution is -0.161. The van der Waals surface area contributed by atoms with Crippen LogP contribution in [0.1, 0.15) is 33.4 Å². The molecular formula is C20H4F9N3. The number of nitrogens with zero attached hydrogens (tertiary/aromatic N) is 3. The maximum absolute atomic E-state index is 14.0. The van der Waals surface area contributed by atoms with Gasteiger partial charge < -0.3 is 0 Å². The van der Waals surface area contributed by atoms with E-state index in [0.29, 0.717) is 6.07 Å². The maximum Gasteiger partial charge on any atom is 0.418 e. The zero-order valence-electron chi connectivity index (χ0n) is 15.1. The van der Waals surface area contributed by atoms with Gasteiger partial charge in [-0.25, -0.2) is 0 Å². The molecule has 3 aromatic carbocycles. The molecule has 0 N–H and O–H groups in total. The van der Waals surface area contributed by atoms with E-state index in [9.17, 15) is 55.3 Å². The van der Waals surface area contributed by atoms with Crippen LogP contribution >= 0.6 is 0 Å². The third-order valence-corrected chi connectivity index (χ3v) is 4.66. The highest BCUT2D eigenvalue weighted by atomic mass is 19.4. The Bertz CT molecular complexity index is 1410. The molecule has 0 atom stereocenters. The van der Waals surface area contributed by atoms with Crippen LogP contribution in [-0.4, -0.2) is 0 Å². The zero-order chi connectivity index (χ0) is 24.2. The molecule has 0 fully saturated rings. The smallest absolute Gasteiger partial charge is 0.192 e. The Morgan fingerprint density at radius 2 is 1.03 bits per heavy atom. The van der Waals surface area contributed by atoms with Gasteiger partial charge in [0.2, 0.25) is 0 Å². The fourth-order valence-corrected chi connectivity index (χ4v) is 3.55. The van der Waals surface area contributed by atoms with Gasteiger partial charge in [-0.2, -0.15) is 55.3 Å². The van der Waals surface area contributed by atoms with E-state index >= 15 is 0 Å². The van der Waals surface area contributed by atoms with E-state index in [0.717, 1.165) is 18.2 Å². The molecule has 162 valence electrons. The van der Waals surface area contributed by atoms with E-state index < -0.39 is 73.5 Å². The fraction of sp³-hybridized carbons (Fsp3) is 0.150. The van der Waals surface area contributed by atoms with Gasteiger partial charge in [0.25, 0.3) is 0 Å². The SMILES string of the molecule is N#Cc1c(C#N)c(C(F)(F)F)c2c(ccc3ccc(C(F)(F)F)c(C(F)(F)F)c32)c1C#N. The van der Waals surface area contributed by atoms with Crippen molar-refractivity contribution in [3.8, 4) is 18.2 Å². The summed E-state index contributed by atoms with van der Waals surface area (Å²) in [5, 5.41) is 23.4. The predicted molar refractivity (Wildman–Crippen MR) is 90.6 cm³/mol. The van der Waals surface area contributed by atoms with Crippen LogP contribution in [0.5, 0.6) is 0 Å². The second-order valence-electron chi connectivity index (χ2n) is 6.40. The van der Waals surface area contributed by atoms with Crippen molar-refractivity contribution < 1.29 is 39.5 Å². The van der Waals surface area contributed by atoms with Crippen LogP contribution in [0.25, 0.3) is 21.5 Å². The van der Waals surface area contributed by atoms with Crippen molar-refractivity contribution in [2.75, 3.05) is 0 Å². The van der Waals surface area contributed by atoms with Crippen LogP contribution in [0.2, 0.25) is 0 Å². The molecule has 0 unspecified atom stereocenters. The molecule has 0 radical (unpaired) electrons. The third-order valence-electron chi connectivity index (χ3n) is 4.66. The molecule has 3 rings (SSSR count). The second-order valence-corrected chi connectivity index (χ2v) is 6.40. The Kier molecular flexibility index (Phi) is 4.99. The van der Waals surface area contributed by atoms with Crippen LogP contribution < -0.4 is 0 Å². The van der Waals surface area contributed by atoms with Crippen molar-refractivity contribution in [3.63, 3.8) is 0 Å². The van der Waals surface area contributed by atoms with E-state index in [-0.39, 0.29) is 6.07 Å². The summed E-state index contributed by atoms with van der Waals surface area (Å²) in [4.78, 5) is 0. The van der Waals surface area contributed by atoms with E-state index in [1.54, 1.807) is 0 Å². The molecule has 0 aromatic heterocycles. The molecule has 0 aliphatic heterocycles. The fourth-order valence-electron chi connectivity index (χ4n) is 3.55. The molecule has 0 aliphatic carbocycles. The van der Waals surface area contributed by atoms with Crippen LogP contribution in [-0.2, 0) is 18.5 Å². The first kappa shape index (κ1) is 22.7. The number of halogens is 9. The minimum absolute atomic E-state index is 0.0876. The van der Waals surface area contributed by atoms with Crippen LogP contribution in [0.4, 0.5) is 39.5 Å². The maximum atomic E-state index is 14.0. The highest BCUT2D eigenvalue weighted by Crippen LogP contribution is 2.49. The molecule has 32 heavy (non-hydrogen) atoms. The summed E-state index contributed by atoms with van der Waals surface area (Å²) in [5.41, 5.74) is -10.0. The standard InChI is InChI=1S/C20H4F9N3/c21-18(22,23)13-4-2-8-1-3-9-10(5-30)11(6-31)12(7-32)16(19(24,25)26)15(9)14(8)17(13)20(27,28)29/h1-4H. The first-order valence-electron chi connectivity index (χ1n) is 8.19. The first-order chi connectivity index (χ1) is 14.7. The quantitative estimate of drug-likeness (QED) is 0.280. The summed E-state index contributed by atoms with van der Waals surface area (Å²) < 4.78 is 123. The van der Waals surface area contributed by atoms with Crippen LogP contribution in [0, 0.1) is 34.0 Å². The van der Waals surface area contributed by atoms with Gasteiger partial charge in [0.1, 0.15) is 18.2 Å². The first-order valence-corrected chi connectivity index (χ1v) is 8.19. The van der Waals surface area contributed by atoms with Crippen molar-refractivity contribution in [2.45, 2.75) is 18.5 Å². The van der Waals surface area contributed by atoms with Crippen molar-refractivity contribution >= 4 is 21.5 Å².